The lowest BCUT2D eigenvalue weighted by Crippen LogP contribution is -2.03. The van der Waals surface area contributed by atoms with Crippen LogP contribution in [0.5, 0.6) is 0 Å². The van der Waals surface area contributed by atoms with E-state index in [0.717, 1.165) is 31.8 Å². The predicted octanol–water partition coefficient (Wildman–Crippen LogP) is 3.07. The Morgan fingerprint density at radius 3 is 2.89 bits per heavy atom. The van der Waals surface area contributed by atoms with Crippen molar-refractivity contribution in [3.63, 3.8) is 0 Å². The molecule has 94 valence electrons. The molecule has 0 aromatic carbocycles. The molecule has 3 heterocycles. The summed E-state index contributed by atoms with van der Waals surface area (Å²) in [4.78, 5) is 9.53. The fraction of sp³-hybridized carbons (Fsp3) is 0.429. The van der Waals surface area contributed by atoms with Gasteiger partial charge in [-0.3, -0.25) is 0 Å². The molecule has 2 aromatic rings. The third-order valence-corrected chi connectivity index (χ3v) is 4.22. The van der Waals surface area contributed by atoms with Crippen LogP contribution in [0.3, 0.4) is 0 Å². The molecule has 0 atom stereocenters. The van der Waals surface area contributed by atoms with Crippen molar-refractivity contribution >= 4 is 11.3 Å². The van der Waals surface area contributed by atoms with Crippen LogP contribution >= 0.6 is 11.3 Å². The van der Waals surface area contributed by atoms with Crippen molar-refractivity contribution in [1.29, 1.82) is 0 Å². The summed E-state index contributed by atoms with van der Waals surface area (Å²) >= 11 is 1.72. The first-order valence-electron chi connectivity index (χ1n) is 6.42. The molecule has 1 aliphatic rings. The van der Waals surface area contributed by atoms with E-state index in [9.17, 15) is 0 Å². The molecule has 0 aliphatic carbocycles. The summed E-state index contributed by atoms with van der Waals surface area (Å²) in [5.41, 5.74) is 6.20. The molecule has 0 unspecified atom stereocenters. The van der Waals surface area contributed by atoms with Crippen molar-refractivity contribution < 1.29 is 0 Å². The van der Waals surface area contributed by atoms with Crippen LogP contribution in [0.15, 0.2) is 10.8 Å². The monoisotopic (exact) mass is 259 g/mol. The predicted molar refractivity (Wildman–Crippen MR) is 74.6 cm³/mol. The maximum Gasteiger partial charge on any atom is 0.160 e. The van der Waals surface area contributed by atoms with Crippen LogP contribution in [0.1, 0.15) is 35.9 Å². The number of hydrogen-bond donors (Lipinski definition) is 1. The highest BCUT2D eigenvalue weighted by Gasteiger charge is 2.19. The van der Waals surface area contributed by atoms with E-state index in [1.165, 1.54) is 28.1 Å². The van der Waals surface area contributed by atoms with Gasteiger partial charge in [0.2, 0.25) is 0 Å². The van der Waals surface area contributed by atoms with Gasteiger partial charge < -0.3 is 5.32 Å². The zero-order valence-electron chi connectivity index (χ0n) is 10.8. The van der Waals surface area contributed by atoms with Crippen LogP contribution in [0, 0.1) is 6.92 Å². The summed E-state index contributed by atoms with van der Waals surface area (Å²) in [6.45, 7) is 6.13. The molecule has 3 rings (SSSR count). The number of nitrogens with one attached hydrogen (secondary N) is 1. The largest absolute Gasteiger partial charge is 0.307 e. The third-order valence-electron chi connectivity index (χ3n) is 3.36. The lowest BCUT2D eigenvalue weighted by Gasteiger charge is -2.08. The molecule has 0 saturated heterocycles. The second-order valence-electron chi connectivity index (χ2n) is 4.74. The average Bonchev–Trinajstić information content (AvgIpc) is 2.97. The Kier molecular flexibility index (Phi) is 3.14. The molecular weight excluding hydrogens is 242 g/mol. The van der Waals surface area contributed by atoms with E-state index in [0.29, 0.717) is 0 Å². The molecule has 3 nitrogen and oxygen atoms in total. The van der Waals surface area contributed by atoms with Gasteiger partial charge >= 0.3 is 0 Å². The van der Waals surface area contributed by atoms with Gasteiger partial charge in [-0.05, 0) is 24.3 Å². The molecule has 0 amide bonds. The first kappa shape index (κ1) is 11.8. The van der Waals surface area contributed by atoms with Gasteiger partial charge in [0.25, 0.3) is 0 Å². The number of rotatable bonds is 3. The molecule has 1 aliphatic heterocycles. The Morgan fingerprint density at radius 1 is 1.28 bits per heavy atom. The lowest BCUT2D eigenvalue weighted by atomic mass is 10.1. The number of aromatic nitrogens is 2. The van der Waals surface area contributed by atoms with Crippen molar-refractivity contribution in [2.45, 2.75) is 39.8 Å². The van der Waals surface area contributed by atoms with Crippen molar-refractivity contribution in [2.75, 3.05) is 0 Å². The first-order valence-corrected chi connectivity index (χ1v) is 7.36. The van der Waals surface area contributed by atoms with Crippen molar-refractivity contribution in [3.8, 4) is 11.4 Å². The van der Waals surface area contributed by atoms with Gasteiger partial charge in [-0.25, -0.2) is 9.97 Å². The molecule has 0 spiro atoms. The minimum absolute atomic E-state index is 0.880. The van der Waals surface area contributed by atoms with Gasteiger partial charge in [-0.15, -0.1) is 0 Å². The molecule has 1 N–H and O–H groups in total. The lowest BCUT2D eigenvalue weighted by molar-refractivity contribution is 0.753. The number of nitrogens with zero attached hydrogens (tertiary/aromatic N) is 2. The maximum absolute atomic E-state index is 4.79. The minimum Gasteiger partial charge on any atom is -0.307 e. The van der Waals surface area contributed by atoms with Gasteiger partial charge in [0, 0.05) is 35.3 Å². The molecule has 0 saturated carbocycles. The van der Waals surface area contributed by atoms with E-state index in [4.69, 9.17) is 9.97 Å². The van der Waals surface area contributed by atoms with Crippen molar-refractivity contribution in [2.24, 2.45) is 0 Å². The zero-order valence-corrected chi connectivity index (χ0v) is 11.6. The van der Waals surface area contributed by atoms with Crippen LogP contribution < -0.4 is 5.32 Å². The molecule has 0 fully saturated rings. The van der Waals surface area contributed by atoms with Crippen LogP contribution in [0.2, 0.25) is 0 Å². The summed E-state index contributed by atoms with van der Waals surface area (Å²) in [5.74, 6) is 0.902. The van der Waals surface area contributed by atoms with E-state index < -0.39 is 0 Å². The Labute approximate surface area is 111 Å². The van der Waals surface area contributed by atoms with Crippen LogP contribution in [0.4, 0.5) is 0 Å². The van der Waals surface area contributed by atoms with Gasteiger partial charge in [-0.2, -0.15) is 11.3 Å². The van der Waals surface area contributed by atoms with E-state index in [1.54, 1.807) is 11.3 Å². The Hall–Kier alpha value is -1.26. The summed E-state index contributed by atoms with van der Waals surface area (Å²) in [5, 5.41) is 7.68. The van der Waals surface area contributed by atoms with E-state index >= 15 is 0 Å². The second kappa shape index (κ2) is 4.78. The third kappa shape index (κ3) is 1.95. The average molecular weight is 259 g/mol. The van der Waals surface area contributed by atoms with Gasteiger partial charge in [0.1, 0.15) is 0 Å². The number of aryl methyl sites for hydroxylation is 2. The van der Waals surface area contributed by atoms with Gasteiger partial charge in [0.05, 0.1) is 5.69 Å². The Morgan fingerprint density at radius 2 is 2.17 bits per heavy atom. The molecule has 2 aromatic heterocycles. The number of fused-ring (bicyclic) bond motifs is 1. The number of hydrogen-bond acceptors (Lipinski definition) is 4. The van der Waals surface area contributed by atoms with E-state index in [-0.39, 0.29) is 0 Å². The summed E-state index contributed by atoms with van der Waals surface area (Å²) in [7, 11) is 0. The van der Waals surface area contributed by atoms with Crippen LogP contribution in [0.25, 0.3) is 11.4 Å². The fourth-order valence-electron chi connectivity index (χ4n) is 2.39. The van der Waals surface area contributed by atoms with E-state index in [1.807, 2.05) is 0 Å². The highest BCUT2D eigenvalue weighted by atomic mass is 32.1. The normalized spacial score (nSPS) is 13.9. The SMILES string of the molecule is CCCc1nc(-c2cscc2C)nc2c1CNC2. The first-order chi connectivity index (χ1) is 8.79. The van der Waals surface area contributed by atoms with Gasteiger partial charge in [-0.1, -0.05) is 13.3 Å². The summed E-state index contributed by atoms with van der Waals surface area (Å²) < 4.78 is 0. The Balaban J connectivity index is 2.12. The standard InChI is InChI=1S/C14H17N3S/c1-3-4-12-10-5-15-6-13(10)17-14(16-12)11-8-18-7-9(11)2/h7-8,15H,3-6H2,1-2H3. The highest BCUT2D eigenvalue weighted by Crippen LogP contribution is 2.27. The summed E-state index contributed by atoms with van der Waals surface area (Å²) in [6.07, 6.45) is 2.17. The van der Waals surface area contributed by atoms with Crippen molar-refractivity contribution in [1.82, 2.24) is 15.3 Å². The highest BCUT2D eigenvalue weighted by molar-refractivity contribution is 7.08. The quantitative estimate of drug-likeness (QED) is 0.920. The smallest absolute Gasteiger partial charge is 0.160 e. The minimum atomic E-state index is 0.880. The number of thiophene rings is 1. The zero-order chi connectivity index (χ0) is 12.5. The fourth-order valence-corrected chi connectivity index (χ4v) is 3.22. The van der Waals surface area contributed by atoms with Crippen LogP contribution in [-0.2, 0) is 19.5 Å². The molecular formula is C14H17N3S. The molecule has 4 heteroatoms. The van der Waals surface area contributed by atoms with Gasteiger partial charge in [0.15, 0.2) is 5.82 Å². The Bertz CT molecular complexity index is 574. The van der Waals surface area contributed by atoms with Crippen LogP contribution in [-0.4, -0.2) is 9.97 Å². The molecule has 18 heavy (non-hydrogen) atoms. The summed E-state index contributed by atoms with van der Waals surface area (Å²) in [6, 6.07) is 0. The van der Waals surface area contributed by atoms with Crippen molar-refractivity contribution in [3.05, 3.63) is 33.3 Å². The maximum atomic E-state index is 4.79. The molecule has 0 radical (unpaired) electrons. The van der Waals surface area contributed by atoms with E-state index in [2.05, 4.69) is 29.9 Å². The molecule has 0 bridgehead atoms. The topological polar surface area (TPSA) is 37.8 Å². The second-order valence-corrected chi connectivity index (χ2v) is 5.48.